The van der Waals surface area contributed by atoms with Crippen LogP contribution in [0.1, 0.15) is 31.4 Å². The molecule has 0 fully saturated rings. The fraction of sp³-hybridized carbons (Fsp3) is 0.600. The van der Waals surface area contributed by atoms with Gasteiger partial charge in [0, 0.05) is 19.6 Å². The molecular weight excluding hydrogens is 286 g/mol. The van der Waals surface area contributed by atoms with Crippen molar-refractivity contribution in [3.8, 4) is 0 Å². The van der Waals surface area contributed by atoms with Gasteiger partial charge in [-0.1, -0.05) is 31.5 Å². The Bertz CT molecular complexity index is 556. The summed E-state index contributed by atoms with van der Waals surface area (Å²) >= 11 is 0. The van der Waals surface area contributed by atoms with Crippen LogP contribution in [0.25, 0.3) is 0 Å². The molecule has 0 saturated heterocycles. The summed E-state index contributed by atoms with van der Waals surface area (Å²) < 4.78 is 28.5. The highest BCUT2D eigenvalue weighted by Gasteiger charge is 2.17. The molecule has 5 nitrogen and oxygen atoms in total. The van der Waals surface area contributed by atoms with Gasteiger partial charge >= 0.3 is 10.2 Å². The molecule has 0 saturated carbocycles. The average molecular weight is 313 g/mol. The van der Waals surface area contributed by atoms with Gasteiger partial charge in [-0.2, -0.15) is 12.7 Å². The van der Waals surface area contributed by atoms with Crippen LogP contribution in [0.5, 0.6) is 0 Å². The van der Waals surface area contributed by atoms with E-state index in [1.807, 2.05) is 26.0 Å². The maximum absolute atomic E-state index is 12.3. The van der Waals surface area contributed by atoms with E-state index in [0.29, 0.717) is 18.3 Å². The summed E-state index contributed by atoms with van der Waals surface area (Å²) in [4.78, 5) is 0. The maximum Gasteiger partial charge on any atom is 0.301 e. The van der Waals surface area contributed by atoms with Crippen LogP contribution in [0.4, 0.5) is 5.69 Å². The van der Waals surface area contributed by atoms with Crippen molar-refractivity contribution in [2.75, 3.05) is 24.9 Å². The zero-order valence-electron chi connectivity index (χ0n) is 13.6. The van der Waals surface area contributed by atoms with E-state index in [1.54, 1.807) is 13.1 Å². The summed E-state index contributed by atoms with van der Waals surface area (Å²) in [6, 6.07) is 6.08. The first kappa shape index (κ1) is 17.9. The number of nitrogens with one attached hydrogen (secondary N) is 2. The monoisotopic (exact) mass is 313 g/mol. The fourth-order valence-electron chi connectivity index (χ4n) is 1.96. The van der Waals surface area contributed by atoms with E-state index < -0.39 is 10.2 Å². The van der Waals surface area contributed by atoms with Crippen molar-refractivity contribution >= 4 is 15.9 Å². The Labute approximate surface area is 128 Å². The van der Waals surface area contributed by atoms with E-state index in [-0.39, 0.29) is 0 Å². The highest BCUT2D eigenvalue weighted by atomic mass is 32.2. The zero-order chi connectivity index (χ0) is 16.0. The topological polar surface area (TPSA) is 61.4 Å². The summed E-state index contributed by atoms with van der Waals surface area (Å²) in [5, 5.41) is 3.28. The molecule has 21 heavy (non-hydrogen) atoms. The zero-order valence-corrected chi connectivity index (χ0v) is 14.4. The third kappa shape index (κ3) is 6.03. The molecule has 0 atom stereocenters. The van der Waals surface area contributed by atoms with Gasteiger partial charge in [0.25, 0.3) is 0 Å². The van der Waals surface area contributed by atoms with Crippen LogP contribution >= 0.6 is 0 Å². The standard InChI is InChI=1S/C15H27N3O2S/c1-12(2)16-9-6-10-18(5)21(19,20)17-15-8-7-13(3)11-14(15)4/h7-8,11-12,16-17H,6,9-10H2,1-5H3. The molecule has 2 N–H and O–H groups in total. The molecule has 0 heterocycles. The van der Waals surface area contributed by atoms with Gasteiger partial charge < -0.3 is 5.32 Å². The number of nitrogens with zero attached hydrogens (tertiary/aromatic N) is 1. The molecule has 0 unspecified atom stereocenters. The highest BCUT2D eigenvalue weighted by Crippen LogP contribution is 2.18. The second-order valence-corrected chi connectivity index (χ2v) is 7.49. The van der Waals surface area contributed by atoms with Gasteiger partial charge in [-0.3, -0.25) is 4.72 Å². The van der Waals surface area contributed by atoms with Crippen molar-refractivity contribution in [2.24, 2.45) is 0 Å². The normalized spacial score (nSPS) is 12.1. The molecule has 1 aromatic carbocycles. The van der Waals surface area contributed by atoms with Gasteiger partial charge in [0.15, 0.2) is 0 Å². The van der Waals surface area contributed by atoms with Gasteiger partial charge in [-0.25, -0.2) is 0 Å². The van der Waals surface area contributed by atoms with E-state index in [4.69, 9.17) is 0 Å². The molecule has 0 aliphatic rings. The third-order valence-electron chi connectivity index (χ3n) is 3.23. The van der Waals surface area contributed by atoms with E-state index in [2.05, 4.69) is 23.9 Å². The molecule has 1 aromatic rings. The predicted octanol–water partition coefficient (Wildman–Crippen LogP) is 2.28. The summed E-state index contributed by atoms with van der Waals surface area (Å²) in [6.45, 7) is 9.32. The Morgan fingerprint density at radius 3 is 2.48 bits per heavy atom. The smallest absolute Gasteiger partial charge is 0.301 e. The summed E-state index contributed by atoms with van der Waals surface area (Å²) in [6.07, 6.45) is 0.780. The van der Waals surface area contributed by atoms with E-state index in [0.717, 1.165) is 24.1 Å². The summed E-state index contributed by atoms with van der Waals surface area (Å²) in [5.41, 5.74) is 2.67. The predicted molar refractivity (Wildman–Crippen MR) is 88.8 cm³/mol. The first-order valence-electron chi connectivity index (χ1n) is 7.27. The molecule has 0 bridgehead atoms. The number of benzene rings is 1. The van der Waals surface area contributed by atoms with E-state index >= 15 is 0 Å². The van der Waals surface area contributed by atoms with Crippen molar-refractivity contribution in [3.63, 3.8) is 0 Å². The minimum Gasteiger partial charge on any atom is -0.314 e. The van der Waals surface area contributed by atoms with Crippen molar-refractivity contribution in [1.29, 1.82) is 0 Å². The van der Waals surface area contributed by atoms with Crippen LogP contribution < -0.4 is 10.0 Å². The Kier molecular flexibility index (Phi) is 6.64. The van der Waals surface area contributed by atoms with Crippen LogP contribution in [0.2, 0.25) is 0 Å². The van der Waals surface area contributed by atoms with Crippen LogP contribution in [0, 0.1) is 13.8 Å². The lowest BCUT2D eigenvalue weighted by Gasteiger charge is -2.19. The number of hydrogen-bond acceptors (Lipinski definition) is 3. The van der Waals surface area contributed by atoms with Crippen LogP contribution in [-0.4, -0.2) is 38.9 Å². The summed E-state index contributed by atoms with van der Waals surface area (Å²) in [5.74, 6) is 0. The quantitative estimate of drug-likeness (QED) is 0.724. The minimum absolute atomic E-state index is 0.417. The van der Waals surface area contributed by atoms with E-state index in [9.17, 15) is 8.42 Å². The number of anilines is 1. The van der Waals surface area contributed by atoms with Crippen LogP contribution in [-0.2, 0) is 10.2 Å². The summed E-state index contributed by atoms with van der Waals surface area (Å²) in [7, 11) is -1.90. The van der Waals surface area contributed by atoms with Gasteiger partial charge in [-0.05, 0) is 38.4 Å². The van der Waals surface area contributed by atoms with Crippen molar-refractivity contribution in [3.05, 3.63) is 29.3 Å². The van der Waals surface area contributed by atoms with Crippen LogP contribution in [0.3, 0.4) is 0 Å². The SMILES string of the molecule is Cc1ccc(NS(=O)(=O)N(C)CCCNC(C)C)c(C)c1. The molecule has 0 radical (unpaired) electrons. The number of hydrogen-bond donors (Lipinski definition) is 2. The molecule has 1 rings (SSSR count). The third-order valence-corrected chi connectivity index (χ3v) is 4.71. The van der Waals surface area contributed by atoms with Gasteiger partial charge in [0.05, 0.1) is 5.69 Å². The fourth-order valence-corrected chi connectivity index (χ4v) is 2.99. The first-order valence-corrected chi connectivity index (χ1v) is 8.71. The lowest BCUT2D eigenvalue weighted by Crippen LogP contribution is -2.35. The van der Waals surface area contributed by atoms with E-state index in [1.165, 1.54) is 4.31 Å². The Morgan fingerprint density at radius 2 is 1.90 bits per heavy atom. The van der Waals surface area contributed by atoms with Crippen molar-refractivity contribution in [2.45, 2.75) is 40.2 Å². The largest absolute Gasteiger partial charge is 0.314 e. The van der Waals surface area contributed by atoms with Crippen molar-refractivity contribution < 1.29 is 8.42 Å². The van der Waals surface area contributed by atoms with Gasteiger partial charge in [-0.15, -0.1) is 0 Å². The molecule has 6 heteroatoms. The highest BCUT2D eigenvalue weighted by molar-refractivity contribution is 7.90. The molecule has 0 aliphatic carbocycles. The van der Waals surface area contributed by atoms with Crippen molar-refractivity contribution in [1.82, 2.24) is 9.62 Å². The molecule has 120 valence electrons. The maximum atomic E-state index is 12.3. The minimum atomic E-state index is -3.49. The number of rotatable bonds is 8. The van der Waals surface area contributed by atoms with Gasteiger partial charge in [0.2, 0.25) is 0 Å². The second-order valence-electron chi connectivity index (χ2n) is 5.71. The molecule has 0 amide bonds. The molecule has 0 spiro atoms. The van der Waals surface area contributed by atoms with Crippen LogP contribution in [0.15, 0.2) is 18.2 Å². The van der Waals surface area contributed by atoms with Gasteiger partial charge in [0.1, 0.15) is 0 Å². The molecule has 0 aromatic heterocycles. The lowest BCUT2D eigenvalue weighted by molar-refractivity contribution is 0.451. The Morgan fingerprint density at radius 1 is 1.24 bits per heavy atom. The number of aryl methyl sites for hydroxylation is 2. The Hall–Kier alpha value is -1.11. The molecular formula is C15H27N3O2S. The average Bonchev–Trinajstić information content (AvgIpc) is 2.37. The molecule has 0 aliphatic heterocycles. The Balaban J connectivity index is 2.59. The second kappa shape index (κ2) is 7.77. The first-order chi connectivity index (χ1) is 9.72. The lowest BCUT2D eigenvalue weighted by atomic mass is 10.1.